The van der Waals surface area contributed by atoms with Crippen LogP contribution in [0.4, 0.5) is 0 Å². The van der Waals surface area contributed by atoms with Crippen LogP contribution in [0, 0.1) is 5.41 Å². The predicted octanol–water partition coefficient (Wildman–Crippen LogP) is 1.68. The van der Waals surface area contributed by atoms with Crippen molar-refractivity contribution in [3.8, 4) is 0 Å². The monoisotopic (exact) mass is 169 g/mol. The summed E-state index contributed by atoms with van der Waals surface area (Å²) >= 11 is 0. The van der Waals surface area contributed by atoms with E-state index in [1.54, 1.807) is 0 Å². The van der Waals surface area contributed by atoms with Gasteiger partial charge in [-0.05, 0) is 25.7 Å². The molecule has 2 rings (SSSR count). The van der Waals surface area contributed by atoms with Gasteiger partial charge in [0.2, 0.25) is 0 Å². The second-order valence-electron chi connectivity index (χ2n) is 4.39. The summed E-state index contributed by atoms with van der Waals surface area (Å²) in [6.45, 7) is 0.712. The molecule has 2 fully saturated rings. The van der Waals surface area contributed by atoms with Crippen molar-refractivity contribution < 1.29 is 4.74 Å². The highest BCUT2D eigenvalue weighted by molar-refractivity contribution is 5.11. The van der Waals surface area contributed by atoms with Gasteiger partial charge in [0.25, 0.3) is 0 Å². The molecule has 2 aliphatic rings. The summed E-state index contributed by atoms with van der Waals surface area (Å²) < 4.78 is 5.64. The molecule has 70 valence electrons. The third-order valence-corrected chi connectivity index (χ3v) is 4.26. The van der Waals surface area contributed by atoms with E-state index in [1.807, 2.05) is 7.11 Å². The zero-order valence-corrected chi connectivity index (χ0v) is 7.94. The Morgan fingerprint density at radius 2 is 1.83 bits per heavy atom. The van der Waals surface area contributed by atoms with Gasteiger partial charge in [-0.3, -0.25) is 0 Å². The molecule has 0 bridgehead atoms. The van der Waals surface area contributed by atoms with E-state index < -0.39 is 0 Å². The van der Waals surface area contributed by atoms with Crippen molar-refractivity contribution in [3.05, 3.63) is 0 Å². The fourth-order valence-electron chi connectivity index (χ4n) is 3.24. The number of rotatable bonds is 2. The zero-order valence-electron chi connectivity index (χ0n) is 7.94. The van der Waals surface area contributed by atoms with Gasteiger partial charge in [-0.1, -0.05) is 12.8 Å². The van der Waals surface area contributed by atoms with Crippen LogP contribution >= 0.6 is 0 Å². The maximum absolute atomic E-state index is 5.81. The number of hydrogen-bond acceptors (Lipinski definition) is 2. The molecule has 2 heteroatoms. The van der Waals surface area contributed by atoms with Crippen LogP contribution < -0.4 is 5.73 Å². The van der Waals surface area contributed by atoms with Gasteiger partial charge in [-0.25, -0.2) is 0 Å². The molecule has 1 atom stereocenters. The van der Waals surface area contributed by atoms with Gasteiger partial charge in [0, 0.05) is 19.1 Å². The SMILES string of the molecule is COC1(CN)CCC12CCCC2. The van der Waals surface area contributed by atoms with Crippen molar-refractivity contribution in [1.82, 2.24) is 0 Å². The van der Waals surface area contributed by atoms with Crippen molar-refractivity contribution in [1.29, 1.82) is 0 Å². The summed E-state index contributed by atoms with van der Waals surface area (Å²) in [5.74, 6) is 0. The van der Waals surface area contributed by atoms with Crippen LogP contribution in [-0.4, -0.2) is 19.3 Å². The molecule has 0 saturated heterocycles. The molecule has 2 N–H and O–H groups in total. The van der Waals surface area contributed by atoms with Gasteiger partial charge in [0.1, 0.15) is 0 Å². The molecule has 2 nitrogen and oxygen atoms in total. The average molecular weight is 169 g/mol. The molecule has 0 radical (unpaired) electrons. The molecule has 0 aromatic carbocycles. The van der Waals surface area contributed by atoms with Gasteiger partial charge in [-0.2, -0.15) is 0 Å². The summed E-state index contributed by atoms with van der Waals surface area (Å²) in [6, 6.07) is 0. The Labute approximate surface area is 74.5 Å². The first-order valence-corrected chi connectivity index (χ1v) is 5.04. The van der Waals surface area contributed by atoms with Gasteiger partial charge in [-0.15, -0.1) is 0 Å². The van der Waals surface area contributed by atoms with Crippen LogP contribution in [0.5, 0.6) is 0 Å². The van der Waals surface area contributed by atoms with E-state index in [0.29, 0.717) is 12.0 Å². The maximum Gasteiger partial charge on any atom is 0.0856 e. The predicted molar refractivity (Wildman–Crippen MR) is 48.9 cm³/mol. The zero-order chi connectivity index (χ0) is 8.66. The summed E-state index contributed by atoms with van der Waals surface area (Å²) in [6.07, 6.45) is 7.98. The van der Waals surface area contributed by atoms with Crippen molar-refractivity contribution in [3.63, 3.8) is 0 Å². The molecule has 0 aliphatic heterocycles. The molecule has 0 heterocycles. The minimum absolute atomic E-state index is 0.0590. The largest absolute Gasteiger partial charge is 0.376 e. The topological polar surface area (TPSA) is 35.2 Å². The van der Waals surface area contributed by atoms with E-state index in [4.69, 9.17) is 10.5 Å². The second kappa shape index (κ2) is 2.71. The van der Waals surface area contributed by atoms with Crippen LogP contribution in [0.25, 0.3) is 0 Å². The third-order valence-electron chi connectivity index (χ3n) is 4.26. The Bertz CT molecular complexity index is 158. The first-order valence-electron chi connectivity index (χ1n) is 5.04. The first-order chi connectivity index (χ1) is 5.79. The highest BCUT2D eigenvalue weighted by atomic mass is 16.5. The first kappa shape index (κ1) is 8.52. The van der Waals surface area contributed by atoms with Gasteiger partial charge in [0.05, 0.1) is 5.60 Å². The Balaban J connectivity index is 2.16. The van der Waals surface area contributed by atoms with Crippen LogP contribution in [-0.2, 0) is 4.74 Å². The van der Waals surface area contributed by atoms with Crippen LogP contribution in [0.3, 0.4) is 0 Å². The Hall–Kier alpha value is -0.0800. The van der Waals surface area contributed by atoms with Crippen molar-refractivity contribution in [2.75, 3.05) is 13.7 Å². The maximum atomic E-state index is 5.81. The number of nitrogens with two attached hydrogens (primary N) is 1. The lowest BCUT2D eigenvalue weighted by atomic mass is 9.55. The molecule has 0 amide bonds. The van der Waals surface area contributed by atoms with E-state index in [9.17, 15) is 0 Å². The van der Waals surface area contributed by atoms with Crippen LogP contribution in [0.15, 0.2) is 0 Å². The van der Waals surface area contributed by atoms with Gasteiger partial charge < -0.3 is 10.5 Å². The van der Waals surface area contributed by atoms with E-state index in [2.05, 4.69) is 0 Å². The number of methoxy groups -OCH3 is 1. The fraction of sp³-hybridized carbons (Fsp3) is 1.00. The van der Waals surface area contributed by atoms with Gasteiger partial charge in [0.15, 0.2) is 0 Å². The summed E-state index contributed by atoms with van der Waals surface area (Å²) in [5.41, 5.74) is 6.35. The minimum atomic E-state index is 0.0590. The van der Waals surface area contributed by atoms with Gasteiger partial charge >= 0.3 is 0 Å². The Morgan fingerprint density at radius 1 is 1.17 bits per heavy atom. The average Bonchev–Trinajstić information content (AvgIpc) is 2.56. The normalized spacial score (nSPS) is 38.5. The van der Waals surface area contributed by atoms with E-state index in [1.165, 1.54) is 38.5 Å². The van der Waals surface area contributed by atoms with Crippen molar-refractivity contribution in [2.24, 2.45) is 11.1 Å². The van der Waals surface area contributed by atoms with Crippen molar-refractivity contribution >= 4 is 0 Å². The smallest absolute Gasteiger partial charge is 0.0856 e. The summed E-state index contributed by atoms with van der Waals surface area (Å²) in [7, 11) is 1.83. The van der Waals surface area contributed by atoms with Crippen LogP contribution in [0.2, 0.25) is 0 Å². The Kier molecular flexibility index (Phi) is 1.92. The van der Waals surface area contributed by atoms with E-state index in [0.717, 1.165) is 0 Å². The highest BCUT2D eigenvalue weighted by Crippen LogP contribution is 2.60. The van der Waals surface area contributed by atoms with Crippen LogP contribution in [0.1, 0.15) is 38.5 Å². The molecule has 2 saturated carbocycles. The molecule has 2 aliphatic carbocycles. The van der Waals surface area contributed by atoms with E-state index in [-0.39, 0.29) is 5.60 Å². The molecule has 0 aromatic heterocycles. The molecular formula is C10H19NO. The lowest BCUT2D eigenvalue weighted by Crippen LogP contribution is -2.61. The highest BCUT2D eigenvalue weighted by Gasteiger charge is 2.59. The number of ether oxygens (including phenoxy) is 1. The summed E-state index contributed by atoms with van der Waals surface area (Å²) in [5, 5.41) is 0. The molecule has 12 heavy (non-hydrogen) atoms. The number of hydrogen-bond donors (Lipinski definition) is 1. The third kappa shape index (κ3) is 0.826. The van der Waals surface area contributed by atoms with E-state index >= 15 is 0 Å². The minimum Gasteiger partial charge on any atom is -0.376 e. The molecule has 1 unspecified atom stereocenters. The quantitative estimate of drug-likeness (QED) is 0.682. The molecule has 0 aromatic rings. The lowest BCUT2D eigenvalue weighted by molar-refractivity contribution is -0.178. The molecular weight excluding hydrogens is 150 g/mol. The molecule has 1 spiro atoms. The fourth-order valence-corrected chi connectivity index (χ4v) is 3.24. The van der Waals surface area contributed by atoms with Crippen molar-refractivity contribution in [2.45, 2.75) is 44.1 Å². The lowest BCUT2D eigenvalue weighted by Gasteiger charge is -2.56. The second-order valence-corrected chi connectivity index (χ2v) is 4.39. The Morgan fingerprint density at radius 3 is 2.17 bits per heavy atom. The summed E-state index contributed by atoms with van der Waals surface area (Å²) in [4.78, 5) is 0. The standard InChI is InChI=1S/C10H19NO/c1-12-10(8-11)7-6-9(10)4-2-3-5-9/h2-8,11H2,1H3.